The quantitative estimate of drug-likeness (QED) is 0.259. The summed E-state index contributed by atoms with van der Waals surface area (Å²) >= 11 is 0. The molecule has 4 aromatic rings. The Hall–Kier alpha value is -2.94. The van der Waals surface area contributed by atoms with Crippen molar-refractivity contribution >= 4 is 17.1 Å². The second-order valence-electron chi connectivity index (χ2n) is 6.05. The Morgan fingerprint density at radius 2 is 1.44 bits per heavy atom. The van der Waals surface area contributed by atoms with Gasteiger partial charge in [0.2, 0.25) is 0 Å². The number of rotatable bonds is 2. The molecule has 1 radical (unpaired) electrons. The van der Waals surface area contributed by atoms with Crippen molar-refractivity contribution in [2.45, 2.75) is 0 Å². The Bertz CT molecular complexity index is 1040. The van der Waals surface area contributed by atoms with Gasteiger partial charge in [0.25, 0.3) is 0 Å². The first-order chi connectivity index (χ1) is 12.9. The van der Waals surface area contributed by atoms with Crippen LogP contribution in [0.15, 0.2) is 91.1 Å². The Morgan fingerprint density at radius 3 is 2.11 bits per heavy atom. The molecule has 0 spiro atoms. The van der Waals surface area contributed by atoms with Gasteiger partial charge in [0.05, 0.1) is 11.4 Å². The van der Waals surface area contributed by atoms with Crippen LogP contribution < -0.4 is 9.64 Å². The van der Waals surface area contributed by atoms with Gasteiger partial charge >= 0.3 is 0 Å². The average molecular weight is 528 g/mol. The summed E-state index contributed by atoms with van der Waals surface area (Å²) < 4.78 is 6.08. The predicted octanol–water partition coefficient (Wildman–Crippen LogP) is 6.12. The first-order valence-electron chi connectivity index (χ1n) is 8.49. The minimum absolute atomic E-state index is 0. The Balaban J connectivity index is 0.00000180. The van der Waals surface area contributed by atoms with Crippen molar-refractivity contribution in [1.82, 2.24) is 4.98 Å². The topological polar surface area (TPSA) is 25.4 Å². The molecule has 0 amide bonds. The summed E-state index contributed by atoms with van der Waals surface area (Å²) in [6, 6.07) is 31.5. The molecule has 0 N–H and O–H groups in total. The van der Waals surface area contributed by atoms with Crippen LogP contribution in [-0.4, -0.2) is 4.98 Å². The van der Waals surface area contributed by atoms with Crippen LogP contribution in [0.2, 0.25) is 0 Å². The molecule has 5 rings (SSSR count). The van der Waals surface area contributed by atoms with E-state index in [0.717, 1.165) is 39.8 Å². The molecule has 0 aliphatic carbocycles. The molecule has 3 nitrogen and oxygen atoms in total. The Kier molecular flexibility index (Phi) is 4.76. The zero-order chi connectivity index (χ0) is 17.3. The molecule has 3 aromatic carbocycles. The smallest absolute Gasteiger partial charge is 0.151 e. The average Bonchev–Trinajstić information content (AvgIpc) is 2.72. The zero-order valence-electron chi connectivity index (χ0n) is 14.3. The standard InChI is InChI=1S/C23H15N2O.Ir/c1-3-13-22-20(11-1)25(21-12-2-4-14-23(21)26-22)18-9-7-8-17(16-18)19-10-5-6-15-24-19;/h1-7,9-16H;/q-1;. The molecule has 2 heterocycles. The van der Waals surface area contributed by atoms with Gasteiger partial charge < -0.3 is 14.6 Å². The monoisotopic (exact) mass is 528 g/mol. The maximum absolute atomic E-state index is 6.08. The van der Waals surface area contributed by atoms with Gasteiger partial charge in [-0.2, -0.15) is 0 Å². The summed E-state index contributed by atoms with van der Waals surface area (Å²) in [5, 5.41) is 0. The summed E-state index contributed by atoms with van der Waals surface area (Å²) in [4.78, 5) is 6.67. The fourth-order valence-electron chi connectivity index (χ4n) is 3.25. The minimum atomic E-state index is 0. The van der Waals surface area contributed by atoms with Crippen LogP contribution >= 0.6 is 0 Å². The molecule has 0 atom stereocenters. The number of hydrogen-bond donors (Lipinski definition) is 0. The maximum atomic E-state index is 6.08. The Morgan fingerprint density at radius 1 is 0.778 bits per heavy atom. The third kappa shape index (κ3) is 3.14. The molecule has 0 saturated carbocycles. The van der Waals surface area contributed by atoms with Gasteiger partial charge in [-0.05, 0) is 41.7 Å². The van der Waals surface area contributed by atoms with E-state index >= 15 is 0 Å². The second kappa shape index (κ2) is 7.35. The van der Waals surface area contributed by atoms with E-state index in [9.17, 15) is 0 Å². The molecular formula is C23H15IrN2O-. The zero-order valence-corrected chi connectivity index (χ0v) is 16.7. The number of aromatic nitrogens is 1. The van der Waals surface area contributed by atoms with E-state index < -0.39 is 0 Å². The summed E-state index contributed by atoms with van der Waals surface area (Å²) in [7, 11) is 0. The SMILES string of the molecule is [Ir].[c-]1ccc(N2c3ccccc3Oc3ccccc32)cc1-c1ccccn1. The van der Waals surface area contributed by atoms with Gasteiger partial charge in [-0.25, -0.2) is 0 Å². The molecule has 1 aliphatic heterocycles. The van der Waals surface area contributed by atoms with Crippen molar-refractivity contribution in [2.24, 2.45) is 0 Å². The third-order valence-electron chi connectivity index (χ3n) is 4.42. The summed E-state index contributed by atoms with van der Waals surface area (Å²) in [5.41, 5.74) is 4.95. The van der Waals surface area contributed by atoms with E-state index in [1.807, 2.05) is 60.7 Å². The molecule has 0 bridgehead atoms. The fourth-order valence-corrected chi connectivity index (χ4v) is 3.25. The van der Waals surface area contributed by atoms with E-state index in [4.69, 9.17) is 4.74 Å². The van der Waals surface area contributed by atoms with Gasteiger partial charge in [-0.15, -0.1) is 29.8 Å². The van der Waals surface area contributed by atoms with Crippen LogP contribution in [0.3, 0.4) is 0 Å². The van der Waals surface area contributed by atoms with Crippen LogP contribution in [0, 0.1) is 6.07 Å². The summed E-state index contributed by atoms with van der Waals surface area (Å²) in [5.74, 6) is 1.69. The van der Waals surface area contributed by atoms with Crippen molar-refractivity contribution in [3.63, 3.8) is 0 Å². The molecule has 0 saturated heterocycles. The third-order valence-corrected chi connectivity index (χ3v) is 4.42. The largest absolute Gasteiger partial charge is 0.453 e. The number of ether oxygens (including phenoxy) is 1. The van der Waals surface area contributed by atoms with Crippen LogP contribution in [0.25, 0.3) is 11.3 Å². The fraction of sp³-hybridized carbons (Fsp3) is 0. The molecule has 27 heavy (non-hydrogen) atoms. The van der Waals surface area contributed by atoms with Crippen LogP contribution in [-0.2, 0) is 20.1 Å². The van der Waals surface area contributed by atoms with E-state index in [1.54, 1.807) is 6.20 Å². The predicted molar refractivity (Wildman–Crippen MR) is 103 cm³/mol. The van der Waals surface area contributed by atoms with Crippen LogP contribution in [0.1, 0.15) is 0 Å². The molecule has 133 valence electrons. The number of nitrogens with zero attached hydrogens (tertiary/aromatic N) is 2. The number of hydrogen-bond acceptors (Lipinski definition) is 3. The van der Waals surface area contributed by atoms with Crippen molar-refractivity contribution in [1.29, 1.82) is 0 Å². The number of pyridine rings is 1. The van der Waals surface area contributed by atoms with Gasteiger partial charge in [0, 0.05) is 26.3 Å². The normalized spacial score (nSPS) is 11.6. The van der Waals surface area contributed by atoms with Crippen LogP contribution in [0.4, 0.5) is 17.1 Å². The first kappa shape index (κ1) is 17.5. The van der Waals surface area contributed by atoms with Crippen molar-refractivity contribution < 1.29 is 24.8 Å². The minimum Gasteiger partial charge on any atom is -0.453 e. The van der Waals surface area contributed by atoms with Gasteiger partial charge in [0.15, 0.2) is 11.5 Å². The van der Waals surface area contributed by atoms with Gasteiger partial charge in [0.1, 0.15) is 0 Å². The molecule has 4 heteroatoms. The first-order valence-corrected chi connectivity index (χ1v) is 8.49. The van der Waals surface area contributed by atoms with Crippen LogP contribution in [0.5, 0.6) is 11.5 Å². The van der Waals surface area contributed by atoms with E-state index in [2.05, 4.69) is 40.2 Å². The number of para-hydroxylation sites is 4. The van der Waals surface area contributed by atoms with Crippen molar-refractivity contribution in [3.05, 3.63) is 97.2 Å². The molecule has 0 fully saturated rings. The Labute approximate surface area is 171 Å². The van der Waals surface area contributed by atoms with Gasteiger partial charge in [-0.1, -0.05) is 36.4 Å². The molecular weight excluding hydrogens is 512 g/mol. The van der Waals surface area contributed by atoms with E-state index in [0.29, 0.717) is 0 Å². The van der Waals surface area contributed by atoms with E-state index in [-0.39, 0.29) is 20.1 Å². The molecule has 0 unspecified atom stereocenters. The summed E-state index contributed by atoms with van der Waals surface area (Å²) in [6.07, 6.45) is 1.80. The number of benzene rings is 3. The maximum Gasteiger partial charge on any atom is 0.151 e. The second-order valence-corrected chi connectivity index (χ2v) is 6.05. The summed E-state index contributed by atoms with van der Waals surface area (Å²) in [6.45, 7) is 0. The van der Waals surface area contributed by atoms with Crippen molar-refractivity contribution in [3.8, 4) is 22.8 Å². The molecule has 1 aliphatic rings. The number of anilines is 3. The molecule has 1 aromatic heterocycles. The van der Waals surface area contributed by atoms with E-state index in [1.165, 1.54) is 0 Å². The van der Waals surface area contributed by atoms with Gasteiger partial charge in [-0.3, -0.25) is 0 Å². The number of fused-ring (bicyclic) bond motifs is 2. The van der Waals surface area contributed by atoms with Crippen molar-refractivity contribution in [2.75, 3.05) is 4.90 Å².